The number of furan rings is 2. The van der Waals surface area contributed by atoms with Crippen LogP contribution in [0, 0.1) is 0 Å². The van der Waals surface area contributed by atoms with Crippen molar-refractivity contribution in [1.82, 2.24) is 5.32 Å². The van der Waals surface area contributed by atoms with E-state index in [4.69, 9.17) is 8.83 Å². The van der Waals surface area contributed by atoms with Crippen LogP contribution in [-0.4, -0.2) is 11.2 Å². The summed E-state index contributed by atoms with van der Waals surface area (Å²) in [5.74, 6) is 2.01. The molecule has 0 fully saturated rings. The maximum absolute atomic E-state index is 12.1. The van der Waals surface area contributed by atoms with Gasteiger partial charge in [0, 0.05) is 10.1 Å². The predicted octanol–water partition coefficient (Wildman–Crippen LogP) is 4.90. The van der Waals surface area contributed by atoms with Crippen LogP contribution in [0.3, 0.4) is 0 Å². The molecule has 0 bridgehead atoms. The third kappa shape index (κ3) is 5.03. The normalized spacial score (nSPS) is 11.0. The van der Waals surface area contributed by atoms with Gasteiger partial charge in [-0.15, -0.1) is 11.8 Å². The minimum absolute atomic E-state index is 0.0276. The molecule has 0 saturated heterocycles. The summed E-state index contributed by atoms with van der Waals surface area (Å²) in [6.07, 6.45) is 1.96. The summed E-state index contributed by atoms with van der Waals surface area (Å²) in [5.41, 5.74) is 1.00. The number of carbonyl (C=O) groups excluding carboxylic acids is 1. The Kier molecular flexibility index (Phi) is 5.66. The first-order valence-electron chi connectivity index (χ1n) is 8.25. The molecule has 0 aliphatic carbocycles. The number of amides is 1. The van der Waals surface area contributed by atoms with Crippen molar-refractivity contribution in [3.8, 4) is 11.5 Å². The van der Waals surface area contributed by atoms with Crippen molar-refractivity contribution in [2.24, 2.45) is 0 Å². The van der Waals surface area contributed by atoms with Crippen LogP contribution < -0.4 is 5.32 Å². The molecule has 130 valence electrons. The van der Waals surface area contributed by atoms with Crippen LogP contribution in [-0.2, 0) is 17.8 Å². The van der Waals surface area contributed by atoms with E-state index in [2.05, 4.69) is 31.3 Å². The lowest BCUT2D eigenvalue weighted by Gasteiger charge is -2.07. The molecule has 0 saturated carbocycles. The average molecular weight is 355 g/mol. The minimum Gasteiger partial charge on any atom is -0.461 e. The molecule has 1 aromatic carbocycles. The average Bonchev–Trinajstić information content (AvgIpc) is 3.25. The molecule has 0 radical (unpaired) electrons. The van der Waals surface area contributed by atoms with E-state index in [1.165, 1.54) is 4.90 Å². The van der Waals surface area contributed by atoms with Gasteiger partial charge in [0.2, 0.25) is 5.91 Å². The third-order valence-electron chi connectivity index (χ3n) is 3.55. The Morgan fingerprint density at radius 2 is 1.88 bits per heavy atom. The number of benzene rings is 1. The van der Waals surface area contributed by atoms with E-state index in [1.54, 1.807) is 6.26 Å². The number of carbonyl (C=O) groups is 1. The first-order valence-corrected chi connectivity index (χ1v) is 9.13. The van der Waals surface area contributed by atoms with Crippen LogP contribution >= 0.6 is 11.8 Å². The Bertz CT molecular complexity index is 804. The summed E-state index contributed by atoms with van der Waals surface area (Å²) >= 11 is 1.81. The van der Waals surface area contributed by atoms with E-state index in [0.29, 0.717) is 35.5 Å². The first kappa shape index (κ1) is 17.4. The number of thioether (sulfide) groups is 1. The van der Waals surface area contributed by atoms with Gasteiger partial charge in [0.25, 0.3) is 0 Å². The summed E-state index contributed by atoms with van der Waals surface area (Å²) < 4.78 is 11.0. The SMILES string of the molecule is CC(C)Sc1ccc(CC(=O)NCc2ccc(-c3ccco3)o2)cc1. The van der Waals surface area contributed by atoms with Gasteiger partial charge >= 0.3 is 0 Å². The lowest BCUT2D eigenvalue weighted by molar-refractivity contribution is -0.120. The monoisotopic (exact) mass is 355 g/mol. The molecule has 5 heteroatoms. The molecule has 2 aromatic heterocycles. The van der Waals surface area contributed by atoms with Gasteiger partial charge in [0.15, 0.2) is 11.5 Å². The van der Waals surface area contributed by atoms with Crippen LogP contribution in [0.2, 0.25) is 0 Å². The van der Waals surface area contributed by atoms with Crippen molar-refractivity contribution in [3.05, 3.63) is 66.1 Å². The Hall–Kier alpha value is -2.40. The van der Waals surface area contributed by atoms with E-state index in [0.717, 1.165) is 5.56 Å². The molecule has 1 N–H and O–H groups in total. The zero-order valence-corrected chi connectivity index (χ0v) is 15.1. The Morgan fingerprint density at radius 3 is 2.56 bits per heavy atom. The molecule has 0 unspecified atom stereocenters. The summed E-state index contributed by atoms with van der Waals surface area (Å²) in [5, 5.41) is 3.43. The number of nitrogens with one attached hydrogen (secondary N) is 1. The van der Waals surface area contributed by atoms with Crippen molar-refractivity contribution in [2.45, 2.75) is 37.0 Å². The summed E-state index contributed by atoms with van der Waals surface area (Å²) in [7, 11) is 0. The van der Waals surface area contributed by atoms with Gasteiger partial charge in [-0.2, -0.15) is 0 Å². The lowest BCUT2D eigenvalue weighted by atomic mass is 10.1. The van der Waals surface area contributed by atoms with Crippen molar-refractivity contribution >= 4 is 17.7 Å². The van der Waals surface area contributed by atoms with Gasteiger partial charge in [-0.25, -0.2) is 0 Å². The van der Waals surface area contributed by atoms with Crippen LogP contribution in [0.4, 0.5) is 0 Å². The quantitative estimate of drug-likeness (QED) is 0.613. The highest BCUT2D eigenvalue weighted by Crippen LogP contribution is 2.23. The summed E-state index contributed by atoms with van der Waals surface area (Å²) in [6.45, 7) is 4.69. The molecule has 3 aromatic rings. The van der Waals surface area contributed by atoms with Gasteiger partial charge in [0.1, 0.15) is 5.76 Å². The minimum atomic E-state index is -0.0276. The highest BCUT2D eigenvalue weighted by atomic mass is 32.2. The lowest BCUT2D eigenvalue weighted by Crippen LogP contribution is -2.24. The van der Waals surface area contributed by atoms with Crippen molar-refractivity contribution in [3.63, 3.8) is 0 Å². The van der Waals surface area contributed by atoms with Crippen molar-refractivity contribution in [2.75, 3.05) is 0 Å². The molecule has 25 heavy (non-hydrogen) atoms. The van der Waals surface area contributed by atoms with Gasteiger partial charge in [-0.1, -0.05) is 26.0 Å². The molecule has 1 amide bonds. The van der Waals surface area contributed by atoms with E-state index in [1.807, 2.05) is 48.2 Å². The fourth-order valence-electron chi connectivity index (χ4n) is 2.42. The molecule has 0 aliphatic heterocycles. The standard InChI is InChI=1S/C20H21NO3S/c1-14(2)25-17-8-5-15(6-9-17)12-20(22)21-13-16-7-10-19(24-16)18-4-3-11-23-18/h3-11,14H,12-13H2,1-2H3,(H,21,22). The van der Waals surface area contributed by atoms with Crippen molar-refractivity contribution < 1.29 is 13.6 Å². The fourth-order valence-corrected chi connectivity index (χ4v) is 3.25. The largest absolute Gasteiger partial charge is 0.461 e. The zero-order chi connectivity index (χ0) is 17.6. The van der Waals surface area contributed by atoms with E-state index >= 15 is 0 Å². The number of rotatable bonds is 7. The zero-order valence-electron chi connectivity index (χ0n) is 14.3. The molecule has 0 atom stereocenters. The molecule has 4 nitrogen and oxygen atoms in total. The Morgan fingerprint density at radius 1 is 1.08 bits per heavy atom. The first-order chi connectivity index (χ1) is 12.1. The van der Waals surface area contributed by atoms with Gasteiger partial charge < -0.3 is 14.2 Å². The molecule has 2 heterocycles. The Labute approximate surface area is 151 Å². The highest BCUT2D eigenvalue weighted by Gasteiger charge is 2.09. The Balaban J connectivity index is 1.49. The van der Waals surface area contributed by atoms with Gasteiger partial charge in [0.05, 0.1) is 19.2 Å². The third-order valence-corrected chi connectivity index (χ3v) is 4.56. The summed E-state index contributed by atoms with van der Waals surface area (Å²) in [4.78, 5) is 13.3. The molecule has 3 rings (SSSR count). The topological polar surface area (TPSA) is 55.4 Å². The number of hydrogen-bond acceptors (Lipinski definition) is 4. The second-order valence-corrected chi connectivity index (χ2v) is 7.66. The molecule has 0 spiro atoms. The van der Waals surface area contributed by atoms with Crippen LogP contribution in [0.1, 0.15) is 25.2 Å². The van der Waals surface area contributed by atoms with Crippen LogP contribution in [0.25, 0.3) is 11.5 Å². The maximum atomic E-state index is 12.1. The predicted molar refractivity (Wildman–Crippen MR) is 99.4 cm³/mol. The second kappa shape index (κ2) is 8.12. The maximum Gasteiger partial charge on any atom is 0.224 e. The van der Waals surface area contributed by atoms with Crippen molar-refractivity contribution in [1.29, 1.82) is 0 Å². The second-order valence-electron chi connectivity index (χ2n) is 6.01. The van der Waals surface area contributed by atoms with E-state index in [9.17, 15) is 4.79 Å². The molecule has 0 aliphatic rings. The van der Waals surface area contributed by atoms with Crippen LogP contribution in [0.15, 0.2) is 68.5 Å². The summed E-state index contributed by atoms with van der Waals surface area (Å²) in [6, 6.07) is 15.5. The van der Waals surface area contributed by atoms with Gasteiger partial charge in [-0.3, -0.25) is 4.79 Å². The highest BCUT2D eigenvalue weighted by molar-refractivity contribution is 7.99. The molecular weight excluding hydrogens is 334 g/mol. The smallest absolute Gasteiger partial charge is 0.224 e. The van der Waals surface area contributed by atoms with E-state index < -0.39 is 0 Å². The number of hydrogen-bond donors (Lipinski definition) is 1. The van der Waals surface area contributed by atoms with E-state index in [-0.39, 0.29) is 5.91 Å². The van der Waals surface area contributed by atoms with Crippen LogP contribution in [0.5, 0.6) is 0 Å². The fraction of sp³-hybridized carbons (Fsp3) is 0.250. The van der Waals surface area contributed by atoms with Gasteiger partial charge in [-0.05, 0) is 42.0 Å². The molecular formula is C20H21NO3S.